The fourth-order valence-electron chi connectivity index (χ4n) is 3.34. The van der Waals surface area contributed by atoms with E-state index >= 15 is 0 Å². The quantitative estimate of drug-likeness (QED) is 0.661. The molecule has 1 amide bonds. The van der Waals surface area contributed by atoms with Gasteiger partial charge in [-0.1, -0.05) is 12.5 Å². The van der Waals surface area contributed by atoms with Gasteiger partial charge in [-0.2, -0.15) is 0 Å². The van der Waals surface area contributed by atoms with Crippen LogP contribution in [0.1, 0.15) is 25.0 Å². The van der Waals surface area contributed by atoms with Crippen LogP contribution in [0.5, 0.6) is 5.75 Å². The number of para-hydroxylation sites is 1. The lowest BCUT2D eigenvalue weighted by molar-refractivity contribution is -0.115. The highest BCUT2D eigenvalue weighted by Gasteiger charge is 2.30. The number of aliphatic hydroxyl groups is 1. The highest BCUT2D eigenvalue weighted by molar-refractivity contribution is 8.18. The van der Waals surface area contributed by atoms with E-state index in [1.54, 1.807) is 17.5 Å². The van der Waals surface area contributed by atoms with Crippen molar-refractivity contribution < 1.29 is 19.4 Å². The average molecular weight is 420 g/mol. The second kappa shape index (κ2) is 8.02. The van der Waals surface area contributed by atoms with Crippen molar-refractivity contribution in [3.05, 3.63) is 40.0 Å². The molecule has 2 fully saturated rings. The molecule has 2 aromatic rings. The first-order valence-corrected chi connectivity index (χ1v) is 10.6. The monoisotopic (exact) mass is 419 g/mol. The summed E-state index contributed by atoms with van der Waals surface area (Å²) in [5.41, 5.74) is 0.869. The predicted molar refractivity (Wildman–Crippen MR) is 109 cm³/mol. The third kappa shape index (κ3) is 3.82. The molecule has 0 spiro atoms. The van der Waals surface area contributed by atoms with Crippen LogP contribution in [-0.2, 0) is 4.79 Å². The number of carbonyl (C=O) groups excluding carboxylic acids is 1. The van der Waals surface area contributed by atoms with E-state index in [0.29, 0.717) is 26.3 Å². The summed E-state index contributed by atoms with van der Waals surface area (Å²) in [6.45, 7) is 0.108. The van der Waals surface area contributed by atoms with Crippen LogP contribution in [0.4, 0.5) is 4.39 Å². The molecule has 1 aromatic carbocycles. The minimum atomic E-state index is -0.702. The molecule has 0 radical (unpaired) electrons. The summed E-state index contributed by atoms with van der Waals surface area (Å²) < 4.78 is 13.5. The molecule has 2 aliphatic rings. The Kier molecular flexibility index (Phi) is 5.47. The summed E-state index contributed by atoms with van der Waals surface area (Å²) in [7, 11) is 0. The van der Waals surface area contributed by atoms with Gasteiger partial charge in [-0.15, -0.1) is 11.3 Å². The topological polar surface area (TPSA) is 94.8 Å². The highest BCUT2D eigenvalue weighted by Crippen LogP contribution is 2.35. The number of hydrogen-bond donors (Lipinski definition) is 3. The summed E-state index contributed by atoms with van der Waals surface area (Å²) in [6, 6.07) is 4.32. The second-order valence-electron chi connectivity index (χ2n) is 6.65. The number of phenols is 1. The molecule has 2 atom stereocenters. The summed E-state index contributed by atoms with van der Waals surface area (Å²) >= 11 is 2.51. The minimum Gasteiger partial charge on any atom is -0.504 e. The maximum atomic E-state index is 13.5. The van der Waals surface area contributed by atoms with E-state index < -0.39 is 11.6 Å². The van der Waals surface area contributed by atoms with Crippen LogP contribution >= 0.6 is 23.1 Å². The number of phenolic OH excluding ortho intramolecular Hbond substituents is 1. The summed E-state index contributed by atoms with van der Waals surface area (Å²) in [5, 5.41) is 24.8. The number of aromatic nitrogens is 1. The number of thioether (sulfide) groups is 1. The van der Waals surface area contributed by atoms with Gasteiger partial charge in [-0.3, -0.25) is 9.79 Å². The number of rotatable bonds is 4. The zero-order valence-electron chi connectivity index (χ0n) is 14.8. The number of benzene rings is 1. The Hall–Kier alpha value is -2.23. The smallest absolute Gasteiger partial charge is 0.264 e. The molecule has 0 bridgehead atoms. The van der Waals surface area contributed by atoms with E-state index in [0.717, 1.165) is 19.3 Å². The van der Waals surface area contributed by atoms with Crippen molar-refractivity contribution in [1.29, 1.82) is 0 Å². The van der Waals surface area contributed by atoms with Gasteiger partial charge in [0.15, 0.2) is 16.7 Å². The van der Waals surface area contributed by atoms with Crippen molar-refractivity contribution in [1.82, 2.24) is 10.3 Å². The third-order valence-corrected chi connectivity index (χ3v) is 6.62. The van der Waals surface area contributed by atoms with Gasteiger partial charge in [0.1, 0.15) is 5.01 Å². The van der Waals surface area contributed by atoms with Crippen molar-refractivity contribution in [2.24, 2.45) is 10.9 Å². The fourth-order valence-corrected chi connectivity index (χ4v) is 5.00. The van der Waals surface area contributed by atoms with Crippen LogP contribution < -0.4 is 5.32 Å². The number of amides is 1. The van der Waals surface area contributed by atoms with Gasteiger partial charge in [0.05, 0.1) is 22.2 Å². The molecule has 1 saturated heterocycles. The zero-order valence-corrected chi connectivity index (χ0v) is 16.4. The summed E-state index contributed by atoms with van der Waals surface area (Å²) in [5.74, 6) is -1.23. The normalized spacial score (nSPS) is 25.0. The number of halogens is 1. The number of thiazole rings is 1. The molecular formula is C19H18FN3O3S2. The third-order valence-electron chi connectivity index (χ3n) is 4.81. The van der Waals surface area contributed by atoms with Crippen LogP contribution in [0.2, 0.25) is 0 Å². The van der Waals surface area contributed by atoms with E-state index in [4.69, 9.17) is 0 Å². The predicted octanol–water partition coefficient (Wildman–Crippen LogP) is 3.38. The number of hydrogen-bond acceptors (Lipinski definition) is 7. The molecule has 9 heteroatoms. The maximum absolute atomic E-state index is 13.5. The number of aromatic hydroxyl groups is 1. The van der Waals surface area contributed by atoms with Crippen LogP contribution in [0.25, 0.3) is 16.6 Å². The van der Waals surface area contributed by atoms with Gasteiger partial charge in [-0.25, -0.2) is 9.37 Å². The number of nitrogens with zero attached hydrogens (tertiary/aromatic N) is 2. The standard InChI is InChI=1S/C19H18FN3O3S2/c20-13-5-2-4-12(16(13)25)18-21-11(9-27-18)7-15-17(26)23-19(28-15)22-14-6-1-3-10(14)8-24/h2,4-5,7,9-10,14,24-25H,1,3,6,8H2,(H,22,23,26)/b15-7-/t10-,14+/m1/s1. The van der Waals surface area contributed by atoms with Gasteiger partial charge in [0, 0.05) is 17.9 Å². The van der Waals surface area contributed by atoms with E-state index in [9.17, 15) is 19.4 Å². The molecule has 1 aliphatic heterocycles. The van der Waals surface area contributed by atoms with Gasteiger partial charge >= 0.3 is 0 Å². The van der Waals surface area contributed by atoms with Crippen LogP contribution in [0.15, 0.2) is 33.5 Å². The van der Waals surface area contributed by atoms with Gasteiger partial charge < -0.3 is 15.5 Å². The Labute approximate surface area is 169 Å². The Morgan fingerprint density at radius 2 is 2.25 bits per heavy atom. The van der Waals surface area contributed by atoms with E-state index in [-0.39, 0.29) is 24.5 Å². The van der Waals surface area contributed by atoms with Gasteiger partial charge in [0.2, 0.25) is 0 Å². The lowest BCUT2D eigenvalue weighted by atomic mass is 10.1. The molecule has 6 nitrogen and oxygen atoms in total. The SMILES string of the molecule is O=C1NC(=N[C@H]2CCC[C@@H]2CO)S/C1=C\c1csc(-c2cccc(F)c2O)n1. The molecule has 4 rings (SSSR count). The average Bonchev–Trinajstić information content (AvgIpc) is 3.39. The Morgan fingerprint density at radius 3 is 3.07 bits per heavy atom. The van der Waals surface area contributed by atoms with Gasteiger partial charge in [0.25, 0.3) is 5.91 Å². The molecule has 146 valence electrons. The fraction of sp³-hybridized carbons (Fsp3) is 0.316. The molecule has 2 heterocycles. The zero-order chi connectivity index (χ0) is 19.7. The summed E-state index contributed by atoms with van der Waals surface area (Å²) in [6.07, 6.45) is 4.55. The van der Waals surface area contributed by atoms with Crippen molar-refractivity contribution in [2.75, 3.05) is 6.61 Å². The number of amidine groups is 1. The maximum Gasteiger partial charge on any atom is 0.264 e. The lowest BCUT2D eigenvalue weighted by Crippen LogP contribution is -2.23. The second-order valence-corrected chi connectivity index (χ2v) is 8.54. The first-order valence-electron chi connectivity index (χ1n) is 8.88. The molecule has 28 heavy (non-hydrogen) atoms. The lowest BCUT2D eigenvalue weighted by Gasteiger charge is -2.12. The van der Waals surface area contributed by atoms with Crippen molar-refractivity contribution >= 4 is 40.2 Å². The first-order chi connectivity index (χ1) is 13.5. The number of aliphatic hydroxyl groups excluding tert-OH is 1. The van der Waals surface area contributed by atoms with Crippen molar-refractivity contribution in [2.45, 2.75) is 25.3 Å². The number of carbonyl (C=O) groups is 1. The Bertz CT molecular complexity index is 973. The molecule has 1 saturated carbocycles. The number of nitrogens with one attached hydrogen (secondary N) is 1. The molecule has 0 unspecified atom stereocenters. The molecular weight excluding hydrogens is 401 g/mol. The highest BCUT2D eigenvalue weighted by atomic mass is 32.2. The van der Waals surface area contributed by atoms with Crippen molar-refractivity contribution in [3.8, 4) is 16.3 Å². The Balaban J connectivity index is 1.53. The Morgan fingerprint density at radius 1 is 1.39 bits per heavy atom. The van der Waals surface area contributed by atoms with E-state index in [2.05, 4.69) is 15.3 Å². The van der Waals surface area contributed by atoms with E-state index in [1.165, 1.54) is 35.2 Å². The molecule has 3 N–H and O–H groups in total. The molecule has 1 aliphatic carbocycles. The van der Waals surface area contributed by atoms with E-state index in [1.807, 2.05) is 0 Å². The first kappa shape index (κ1) is 19.1. The largest absolute Gasteiger partial charge is 0.504 e. The summed E-state index contributed by atoms with van der Waals surface area (Å²) in [4.78, 5) is 21.7. The van der Waals surface area contributed by atoms with Crippen LogP contribution in [0.3, 0.4) is 0 Å². The molecule has 1 aromatic heterocycles. The van der Waals surface area contributed by atoms with Crippen LogP contribution in [0, 0.1) is 11.7 Å². The van der Waals surface area contributed by atoms with Crippen molar-refractivity contribution in [3.63, 3.8) is 0 Å². The minimum absolute atomic E-state index is 0.0361. The van der Waals surface area contributed by atoms with Crippen LogP contribution in [-0.4, -0.2) is 38.9 Å². The van der Waals surface area contributed by atoms with Gasteiger partial charge in [-0.05, 0) is 42.8 Å². The number of aliphatic imine (C=N–C) groups is 1.